The van der Waals surface area contributed by atoms with Crippen LogP contribution in [0.1, 0.15) is 17.3 Å². The van der Waals surface area contributed by atoms with E-state index in [0.29, 0.717) is 13.1 Å². The van der Waals surface area contributed by atoms with Crippen LogP contribution in [0.25, 0.3) is 0 Å². The molecule has 1 unspecified atom stereocenters. The Hall–Kier alpha value is -0.880. The van der Waals surface area contributed by atoms with Crippen LogP contribution in [0.4, 0.5) is 0 Å². The van der Waals surface area contributed by atoms with E-state index in [1.807, 2.05) is 28.9 Å². The molecule has 0 radical (unpaired) electrons. The monoisotopic (exact) mass is 328 g/mol. The quantitative estimate of drug-likeness (QED) is 0.904. The van der Waals surface area contributed by atoms with E-state index in [0.717, 1.165) is 20.8 Å². The van der Waals surface area contributed by atoms with Crippen molar-refractivity contribution in [3.63, 3.8) is 0 Å². The summed E-state index contributed by atoms with van der Waals surface area (Å²) in [6.45, 7) is 1.02. The summed E-state index contributed by atoms with van der Waals surface area (Å²) in [7, 11) is 0. The van der Waals surface area contributed by atoms with Crippen LogP contribution in [-0.4, -0.2) is 16.3 Å². The molecule has 96 valence electrons. The fraction of sp³-hybridized carbons (Fsp3) is 0.250. The molecule has 2 aromatic rings. The van der Waals surface area contributed by atoms with Gasteiger partial charge in [-0.25, -0.2) is 0 Å². The van der Waals surface area contributed by atoms with Crippen LogP contribution in [0, 0.1) is 0 Å². The normalized spacial score (nSPS) is 12.7. The van der Waals surface area contributed by atoms with Crippen molar-refractivity contribution in [1.29, 1.82) is 0 Å². The first-order valence-corrected chi connectivity index (χ1v) is 6.70. The third-order valence-electron chi connectivity index (χ3n) is 2.68. The number of nitrogens with two attached hydrogens (primary N) is 2. The number of benzene rings is 1. The minimum absolute atomic E-state index is 0.228. The first-order valence-electron chi connectivity index (χ1n) is 5.53. The fourth-order valence-corrected chi connectivity index (χ4v) is 2.46. The van der Waals surface area contributed by atoms with Gasteiger partial charge in [-0.15, -0.1) is 0 Å². The number of hydrogen-bond acceptors (Lipinski definition) is 3. The van der Waals surface area contributed by atoms with Gasteiger partial charge in [-0.2, -0.15) is 5.10 Å². The Kier molecular flexibility index (Phi) is 4.40. The zero-order valence-electron chi connectivity index (χ0n) is 9.68. The van der Waals surface area contributed by atoms with E-state index >= 15 is 0 Å². The fourth-order valence-electron chi connectivity index (χ4n) is 1.74. The molecule has 0 aliphatic heterocycles. The minimum Gasteiger partial charge on any atom is -0.329 e. The number of rotatable bonds is 4. The van der Waals surface area contributed by atoms with Gasteiger partial charge in [0.2, 0.25) is 0 Å². The summed E-state index contributed by atoms with van der Waals surface area (Å²) >= 11 is 9.30. The van der Waals surface area contributed by atoms with Gasteiger partial charge in [0.25, 0.3) is 0 Å². The number of nitrogens with zero attached hydrogens (tertiary/aromatic N) is 2. The molecule has 18 heavy (non-hydrogen) atoms. The molecule has 2 rings (SSSR count). The lowest BCUT2D eigenvalue weighted by atomic mass is 10.2. The summed E-state index contributed by atoms with van der Waals surface area (Å²) in [4.78, 5) is 0. The molecule has 1 atom stereocenters. The highest BCUT2D eigenvalue weighted by molar-refractivity contribution is 9.10. The lowest BCUT2D eigenvalue weighted by Gasteiger charge is -2.13. The topological polar surface area (TPSA) is 69.9 Å². The van der Waals surface area contributed by atoms with Crippen molar-refractivity contribution in [3.05, 3.63) is 51.2 Å². The summed E-state index contributed by atoms with van der Waals surface area (Å²) < 4.78 is 2.74. The molecule has 0 saturated carbocycles. The van der Waals surface area contributed by atoms with Crippen LogP contribution in [-0.2, 0) is 6.54 Å². The average molecular weight is 330 g/mol. The van der Waals surface area contributed by atoms with E-state index < -0.39 is 0 Å². The van der Waals surface area contributed by atoms with Gasteiger partial charge in [-0.1, -0.05) is 23.7 Å². The lowest BCUT2D eigenvalue weighted by molar-refractivity contribution is 0.588. The first kappa shape index (κ1) is 13.5. The molecular weight excluding hydrogens is 316 g/mol. The summed E-state index contributed by atoms with van der Waals surface area (Å²) in [5.41, 5.74) is 13.6. The third-order valence-corrected chi connectivity index (χ3v) is 3.55. The Morgan fingerprint density at radius 3 is 2.61 bits per heavy atom. The Labute approximate surface area is 119 Å². The molecule has 1 aromatic heterocycles. The van der Waals surface area contributed by atoms with Crippen molar-refractivity contribution in [2.45, 2.75) is 12.6 Å². The second kappa shape index (κ2) is 5.84. The largest absolute Gasteiger partial charge is 0.329 e. The Morgan fingerprint density at radius 2 is 2.00 bits per heavy atom. The van der Waals surface area contributed by atoms with Gasteiger partial charge in [0.05, 0.1) is 29.0 Å². The van der Waals surface area contributed by atoms with E-state index in [9.17, 15) is 0 Å². The highest BCUT2D eigenvalue weighted by Crippen LogP contribution is 2.22. The molecule has 0 saturated heterocycles. The Balaban J connectivity index is 2.26. The van der Waals surface area contributed by atoms with E-state index in [2.05, 4.69) is 21.0 Å². The van der Waals surface area contributed by atoms with Gasteiger partial charge in [-0.3, -0.25) is 4.68 Å². The van der Waals surface area contributed by atoms with Gasteiger partial charge >= 0.3 is 0 Å². The van der Waals surface area contributed by atoms with Gasteiger partial charge in [-0.05, 0) is 33.6 Å². The van der Waals surface area contributed by atoms with E-state index in [1.54, 1.807) is 6.20 Å². The van der Waals surface area contributed by atoms with Crippen molar-refractivity contribution >= 4 is 27.5 Å². The molecule has 0 bridgehead atoms. The van der Waals surface area contributed by atoms with Crippen LogP contribution in [0.15, 0.2) is 34.9 Å². The molecule has 0 spiro atoms. The lowest BCUT2D eigenvalue weighted by Crippen LogP contribution is -2.24. The van der Waals surface area contributed by atoms with Gasteiger partial charge in [0.1, 0.15) is 0 Å². The number of aromatic nitrogens is 2. The Bertz CT molecular complexity index is 523. The molecule has 0 amide bonds. The minimum atomic E-state index is -0.228. The average Bonchev–Trinajstić information content (AvgIpc) is 2.72. The summed E-state index contributed by atoms with van der Waals surface area (Å²) in [5, 5.41) is 5.03. The molecule has 1 heterocycles. The standard InChI is InChI=1S/C12H14BrClN4/c13-10-6-17-18(12(10)11(16)5-15)7-8-1-3-9(14)4-2-8/h1-4,6,11H,5,7,15-16H2. The molecular formula is C12H14BrClN4. The predicted octanol–water partition coefficient (Wildman–Crippen LogP) is 2.31. The van der Waals surface area contributed by atoms with Gasteiger partial charge < -0.3 is 11.5 Å². The zero-order valence-corrected chi connectivity index (χ0v) is 12.0. The zero-order chi connectivity index (χ0) is 13.1. The van der Waals surface area contributed by atoms with Crippen LogP contribution in [0.5, 0.6) is 0 Å². The summed E-state index contributed by atoms with van der Waals surface area (Å²) in [6.07, 6.45) is 1.74. The van der Waals surface area contributed by atoms with Crippen LogP contribution in [0.3, 0.4) is 0 Å². The van der Waals surface area contributed by atoms with Gasteiger partial charge in [0, 0.05) is 11.6 Å². The van der Waals surface area contributed by atoms with Crippen molar-refractivity contribution in [3.8, 4) is 0 Å². The van der Waals surface area contributed by atoms with Crippen LogP contribution >= 0.6 is 27.5 Å². The molecule has 4 N–H and O–H groups in total. The second-order valence-corrected chi connectivity index (χ2v) is 5.29. The number of hydrogen-bond donors (Lipinski definition) is 2. The van der Waals surface area contributed by atoms with Crippen molar-refractivity contribution in [1.82, 2.24) is 9.78 Å². The summed E-state index contributed by atoms with van der Waals surface area (Å²) in [6, 6.07) is 7.43. The Morgan fingerprint density at radius 1 is 1.33 bits per heavy atom. The number of halogens is 2. The van der Waals surface area contributed by atoms with Crippen molar-refractivity contribution < 1.29 is 0 Å². The van der Waals surface area contributed by atoms with E-state index in [-0.39, 0.29) is 6.04 Å². The maximum absolute atomic E-state index is 5.98. The SMILES string of the molecule is NCC(N)c1c(Br)cnn1Cc1ccc(Cl)cc1. The van der Waals surface area contributed by atoms with Crippen molar-refractivity contribution in [2.24, 2.45) is 11.5 Å². The molecule has 4 nitrogen and oxygen atoms in total. The molecule has 0 aliphatic rings. The van der Waals surface area contributed by atoms with Crippen molar-refractivity contribution in [2.75, 3.05) is 6.54 Å². The highest BCUT2D eigenvalue weighted by atomic mass is 79.9. The predicted molar refractivity (Wildman–Crippen MR) is 76.5 cm³/mol. The smallest absolute Gasteiger partial charge is 0.0710 e. The maximum Gasteiger partial charge on any atom is 0.0710 e. The van der Waals surface area contributed by atoms with E-state index in [1.165, 1.54) is 0 Å². The molecule has 1 aromatic carbocycles. The maximum atomic E-state index is 5.98. The molecule has 6 heteroatoms. The molecule has 0 fully saturated rings. The van der Waals surface area contributed by atoms with Gasteiger partial charge in [0.15, 0.2) is 0 Å². The summed E-state index contributed by atoms with van der Waals surface area (Å²) in [5.74, 6) is 0. The van der Waals surface area contributed by atoms with Crippen LogP contribution in [0.2, 0.25) is 5.02 Å². The van der Waals surface area contributed by atoms with E-state index in [4.69, 9.17) is 23.1 Å². The molecule has 0 aliphatic carbocycles. The van der Waals surface area contributed by atoms with Crippen LogP contribution < -0.4 is 11.5 Å². The third kappa shape index (κ3) is 2.92. The first-order chi connectivity index (χ1) is 8.61. The second-order valence-electron chi connectivity index (χ2n) is 4.00. The highest BCUT2D eigenvalue weighted by Gasteiger charge is 2.15.